The van der Waals surface area contributed by atoms with Gasteiger partial charge in [0.05, 0.1) is 5.56 Å². The molecular weight excluding hydrogens is 364 g/mol. The van der Waals surface area contributed by atoms with Gasteiger partial charge >= 0.3 is 5.97 Å². The lowest BCUT2D eigenvalue weighted by Crippen LogP contribution is -2.13. The second-order valence-corrected chi connectivity index (χ2v) is 6.31. The van der Waals surface area contributed by atoms with Crippen LogP contribution in [0.3, 0.4) is 0 Å². The number of nitrogens with zero attached hydrogens (tertiary/aromatic N) is 1. The molecule has 0 unspecified atom stereocenters. The highest BCUT2D eigenvalue weighted by Gasteiger charge is 2.10. The third-order valence-electron chi connectivity index (χ3n) is 4.09. The van der Waals surface area contributed by atoms with Crippen LogP contribution >= 0.6 is 0 Å². The standard InChI is InChI=1S/C24H18N2O3/c1-17-7-11-19(12-8-17)24(28)29-22-13-9-18(10-14-22)15-20(16-25)23(27)26-21-5-3-2-4-6-21/h2-15H,1H3,(H,26,27). The molecular formula is C24H18N2O3. The van der Waals surface area contributed by atoms with E-state index in [-0.39, 0.29) is 5.57 Å². The van der Waals surface area contributed by atoms with Gasteiger partial charge in [0, 0.05) is 5.69 Å². The molecule has 5 heteroatoms. The smallest absolute Gasteiger partial charge is 0.343 e. The van der Waals surface area contributed by atoms with Crippen molar-refractivity contribution < 1.29 is 14.3 Å². The predicted molar refractivity (Wildman–Crippen MR) is 111 cm³/mol. The maximum absolute atomic E-state index is 12.3. The molecule has 0 spiro atoms. The molecule has 3 aromatic rings. The minimum Gasteiger partial charge on any atom is -0.423 e. The van der Waals surface area contributed by atoms with E-state index in [4.69, 9.17) is 4.74 Å². The zero-order valence-corrected chi connectivity index (χ0v) is 15.8. The van der Waals surface area contributed by atoms with Gasteiger partial charge in [-0.25, -0.2) is 4.79 Å². The molecule has 0 atom stereocenters. The van der Waals surface area contributed by atoms with E-state index < -0.39 is 11.9 Å². The van der Waals surface area contributed by atoms with Crippen LogP contribution in [0.25, 0.3) is 6.08 Å². The lowest BCUT2D eigenvalue weighted by molar-refractivity contribution is -0.112. The molecule has 0 aliphatic heterocycles. The highest BCUT2D eigenvalue weighted by Crippen LogP contribution is 2.17. The van der Waals surface area contributed by atoms with Crippen LogP contribution < -0.4 is 10.1 Å². The van der Waals surface area contributed by atoms with E-state index in [1.165, 1.54) is 6.08 Å². The molecule has 142 valence electrons. The summed E-state index contributed by atoms with van der Waals surface area (Å²) in [6.07, 6.45) is 1.48. The highest BCUT2D eigenvalue weighted by molar-refractivity contribution is 6.09. The van der Waals surface area contributed by atoms with Gasteiger partial charge in [-0.15, -0.1) is 0 Å². The zero-order valence-electron chi connectivity index (χ0n) is 15.8. The number of carbonyl (C=O) groups is 2. The van der Waals surface area contributed by atoms with Crippen molar-refractivity contribution >= 4 is 23.6 Å². The fraction of sp³-hybridized carbons (Fsp3) is 0.0417. The highest BCUT2D eigenvalue weighted by atomic mass is 16.5. The molecule has 29 heavy (non-hydrogen) atoms. The number of hydrogen-bond donors (Lipinski definition) is 1. The van der Waals surface area contributed by atoms with E-state index in [0.717, 1.165) is 5.56 Å². The van der Waals surface area contributed by atoms with Gasteiger partial charge in [-0.1, -0.05) is 48.0 Å². The lowest BCUT2D eigenvalue weighted by atomic mass is 10.1. The molecule has 0 bridgehead atoms. The van der Waals surface area contributed by atoms with Crippen molar-refractivity contribution in [1.29, 1.82) is 5.26 Å². The largest absolute Gasteiger partial charge is 0.423 e. The Hall–Kier alpha value is -4.17. The number of ether oxygens (including phenoxy) is 1. The summed E-state index contributed by atoms with van der Waals surface area (Å²) in [5.41, 5.74) is 2.74. The number of carbonyl (C=O) groups excluding carboxylic acids is 2. The number of aryl methyl sites for hydroxylation is 1. The van der Waals surface area contributed by atoms with Gasteiger partial charge in [-0.05, 0) is 55.0 Å². The van der Waals surface area contributed by atoms with Crippen molar-refractivity contribution in [1.82, 2.24) is 0 Å². The lowest BCUT2D eigenvalue weighted by Gasteiger charge is -2.06. The number of hydrogen-bond acceptors (Lipinski definition) is 4. The van der Waals surface area contributed by atoms with Crippen LogP contribution in [0.2, 0.25) is 0 Å². The Bertz CT molecular complexity index is 1080. The number of amides is 1. The first kappa shape index (κ1) is 19.6. The summed E-state index contributed by atoms with van der Waals surface area (Å²) in [6, 6.07) is 24.5. The molecule has 5 nitrogen and oxygen atoms in total. The van der Waals surface area contributed by atoms with Crippen LogP contribution in [0.4, 0.5) is 5.69 Å². The molecule has 0 aliphatic carbocycles. The van der Waals surface area contributed by atoms with Crippen molar-refractivity contribution in [3.8, 4) is 11.8 Å². The van der Waals surface area contributed by atoms with Crippen LogP contribution in [0, 0.1) is 18.3 Å². The number of nitrogens with one attached hydrogen (secondary N) is 1. The maximum atomic E-state index is 12.3. The Labute approximate surface area is 168 Å². The zero-order chi connectivity index (χ0) is 20.6. The number of esters is 1. The van der Waals surface area contributed by atoms with Crippen LogP contribution in [0.5, 0.6) is 5.75 Å². The number of benzene rings is 3. The Morgan fingerprint density at radius 3 is 2.21 bits per heavy atom. The maximum Gasteiger partial charge on any atom is 0.343 e. The monoisotopic (exact) mass is 382 g/mol. The van der Waals surface area contributed by atoms with Gasteiger partial charge in [-0.2, -0.15) is 5.26 Å². The molecule has 0 aromatic heterocycles. The predicted octanol–water partition coefficient (Wildman–Crippen LogP) is 4.76. The van der Waals surface area contributed by atoms with Crippen LogP contribution in [0.1, 0.15) is 21.5 Å². The molecule has 0 saturated carbocycles. The molecule has 0 radical (unpaired) electrons. The van der Waals surface area contributed by atoms with E-state index in [1.54, 1.807) is 60.7 Å². The van der Waals surface area contributed by atoms with E-state index in [2.05, 4.69) is 5.32 Å². The summed E-state index contributed by atoms with van der Waals surface area (Å²) in [5, 5.41) is 12.0. The molecule has 1 N–H and O–H groups in total. The van der Waals surface area contributed by atoms with Gasteiger partial charge in [0.1, 0.15) is 17.4 Å². The van der Waals surface area contributed by atoms with Crippen molar-refractivity contribution in [3.63, 3.8) is 0 Å². The van der Waals surface area contributed by atoms with Crippen molar-refractivity contribution in [2.24, 2.45) is 0 Å². The van der Waals surface area contributed by atoms with Gasteiger partial charge in [-0.3, -0.25) is 4.79 Å². The molecule has 3 rings (SSSR count). The van der Waals surface area contributed by atoms with E-state index >= 15 is 0 Å². The first-order valence-corrected chi connectivity index (χ1v) is 8.92. The normalized spacial score (nSPS) is 10.7. The minimum absolute atomic E-state index is 0.0294. The van der Waals surface area contributed by atoms with E-state index in [9.17, 15) is 14.9 Å². The Kier molecular flexibility index (Phi) is 6.18. The molecule has 1 amide bonds. The number of nitriles is 1. The second kappa shape index (κ2) is 9.16. The number of para-hydroxylation sites is 1. The number of anilines is 1. The quantitative estimate of drug-likeness (QED) is 0.299. The van der Waals surface area contributed by atoms with Gasteiger partial charge in [0.15, 0.2) is 0 Å². The Morgan fingerprint density at radius 1 is 0.931 bits per heavy atom. The third-order valence-corrected chi connectivity index (χ3v) is 4.09. The Balaban J connectivity index is 1.68. The van der Waals surface area contributed by atoms with Crippen molar-refractivity contribution in [2.75, 3.05) is 5.32 Å². The van der Waals surface area contributed by atoms with Crippen LogP contribution in [0.15, 0.2) is 84.4 Å². The minimum atomic E-state index is -0.492. The second-order valence-electron chi connectivity index (χ2n) is 6.31. The molecule has 3 aromatic carbocycles. The summed E-state index contributed by atoms with van der Waals surface area (Å²) in [6.45, 7) is 1.94. The van der Waals surface area contributed by atoms with E-state index in [1.807, 2.05) is 31.2 Å². The summed E-state index contributed by atoms with van der Waals surface area (Å²) in [4.78, 5) is 24.4. The molecule has 0 saturated heterocycles. The summed E-state index contributed by atoms with van der Waals surface area (Å²) in [5.74, 6) is -0.568. The fourth-order valence-corrected chi connectivity index (χ4v) is 2.52. The SMILES string of the molecule is Cc1ccc(C(=O)Oc2ccc(C=C(C#N)C(=O)Nc3ccccc3)cc2)cc1. The third kappa shape index (κ3) is 5.41. The van der Waals surface area contributed by atoms with Gasteiger partial charge < -0.3 is 10.1 Å². The van der Waals surface area contributed by atoms with Gasteiger partial charge in [0.2, 0.25) is 0 Å². The first-order valence-electron chi connectivity index (χ1n) is 8.92. The average molecular weight is 382 g/mol. The summed E-state index contributed by atoms with van der Waals surface area (Å²) >= 11 is 0. The van der Waals surface area contributed by atoms with Crippen molar-refractivity contribution in [2.45, 2.75) is 6.92 Å². The molecule has 0 fully saturated rings. The fourth-order valence-electron chi connectivity index (χ4n) is 2.52. The van der Waals surface area contributed by atoms with Gasteiger partial charge in [0.25, 0.3) is 5.91 Å². The summed E-state index contributed by atoms with van der Waals surface area (Å²) < 4.78 is 5.35. The van der Waals surface area contributed by atoms with Crippen LogP contribution in [-0.4, -0.2) is 11.9 Å². The average Bonchev–Trinajstić information content (AvgIpc) is 2.74. The summed E-state index contributed by atoms with van der Waals surface area (Å²) in [7, 11) is 0. The Morgan fingerprint density at radius 2 is 1.59 bits per heavy atom. The van der Waals surface area contributed by atoms with Crippen molar-refractivity contribution in [3.05, 3.63) is 101 Å². The molecule has 0 aliphatic rings. The van der Waals surface area contributed by atoms with Crippen LogP contribution in [-0.2, 0) is 4.79 Å². The number of rotatable bonds is 5. The molecule has 0 heterocycles. The van der Waals surface area contributed by atoms with E-state index in [0.29, 0.717) is 22.6 Å². The first-order chi connectivity index (χ1) is 14.0. The topological polar surface area (TPSA) is 79.2 Å².